The van der Waals surface area contributed by atoms with Gasteiger partial charge in [-0.05, 0) is 29.9 Å². The van der Waals surface area contributed by atoms with Crippen LogP contribution >= 0.6 is 0 Å². The standard InChI is InChI=1S/C23H30N2O.HI/c1-19-13-16-25(2,17-14-19)18-15-23(22(24)26,20-9-5-3-6-10-20)21-11-7-4-8-12-21;/h3-12,19H,13-18H2,1-2H3,(H-,24,26);1H. The molecule has 3 nitrogen and oxygen atoms in total. The molecule has 1 aliphatic rings. The monoisotopic (exact) mass is 478 g/mol. The van der Waals surface area contributed by atoms with Crippen LogP contribution in [-0.4, -0.2) is 37.1 Å². The number of benzene rings is 2. The molecule has 0 radical (unpaired) electrons. The Morgan fingerprint density at radius 1 is 1.00 bits per heavy atom. The number of nitrogens with zero attached hydrogens (tertiary/aromatic N) is 1. The lowest BCUT2D eigenvalue weighted by atomic mass is 9.71. The van der Waals surface area contributed by atoms with Crippen molar-refractivity contribution in [3.05, 3.63) is 71.8 Å². The van der Waals surface area contributed by atoms with Crippen LogP contribution in [-0.2, 0) is 10.2 Å². The molecule has 3 rings (SSSR count). The number of nitrogens with two attached hydrogens (primary N) is 1. The maximum Gasteiger partial charge on any atom is 0.232 e. The molecule has 0 atom stereocenters. The van der Waals surface area contributed by atoms with E-state index in [0.29, 0.717) is 0 Å². The van der Waals surface area contributed by atoms with Gasteiger partial charge in [0.25, 0.3) is 0 Å². The Hall–Kier alpha value is -1.40. The van der Waals surface area contributed by atoms with E-state index in [0.717, 1.165) is 34.5 Å². The molecule has 1 aliphatic heterocycles. The molecular formula is C23H31IN2O. The van der Waals surface area contributed by atoms with Crippen molar-refractivity contribution < 1.29 is 33.3 Å². The molecule has 2 aromatic rings. The molecule has 1 saturated heterocycles. The lowest BCUT2D eigenvalue weighted by Gasteiger charge is -2.42. The van der Waals surface area contributed by atoms with Gasteiger partial charge in [0.2, 0.25) is 5.91 Å². The molecule has 4 heteroatoms. The van der Waals surface area contributed by atoms with Crippen LogP contribution in [0.4, 0.5) is 0 Å². The highest BCUT2D eigenvalue weighted by atomic mass is 127. The van der Waals surface area contributed by atoms with Crippen molar-refractivity contribution in [2.75, 3.05) is 26.7 Å². The molecule has 1 amide bonds. The fourth-order valence-electron chi connectivity index (χ4n) is 4.29. The third-order valence-electron chi connectivity index (χ3n) is 6.30. The minimum Gasteiger partial charge on any atom is -1.00 e. The van der Waals surface area contributed by atoms with Gasteiger partial charge in [-0.3, -0.25) is 4.79 Å². The third-order valence-corrected chi connectivity index (χ3v) is 6.30. The van der Waals surface area contributed by atoms with Crippen LogP contribution in [0.5, 0.6) is 0 Å². The van der Waals surface area contributed by atoms with Crippen LogP contribution in [0.1, 0.15) is 37.3 Å². The predicted octanol–water partition coefficient (Wildman–Crippen LogP) is 0.729. The first-order chi connectivity index (χ1) is 12.5. The average Bonchev–Trinajstić information content (AvgIpc) is 2.66. The summed E-state index contributed by atoms with van der Waals surface area (Å²) in [4.78, 5) is 12.9. The lowest BCUT2D eigenvalue weighted by Crippen LogP contribution is -3.00. The van der Waals surface area contributed by atoms with Crippen molar-refractivity contribution >= 4 is 5.91 Å². The zero-order valence-corrected chi connectivity index (χ0v) is 18.6. The molecule has 1 heterocycles. The van der Waals surface area contributed by atoms with Gasteiger partial charge in [0.05, 0.1) is 26.7 Å². The van der Waals surface area contributed by atoms with Crippen LogP contribution < -0.4 is 29.7 Å². The van der Waals surface area contributed by atoms with Crippen LogP contribution in [0.3, 0.4) is 0 Å². The van der Waals surface area contributed by atoms with Crippen LogP contribution in [0, 0.1) is 5.92 Å². The molecule has 0 aliphatic carbocycles. The summed E-state index contributed by atoms with van der Waals surface area (Å²) in [6.07, 6.45) is 3.26. The van der Waals surface area contributed by atoms with E-state index in [1.54, 1.807) is 0 Å². The second-order valence-corrected chi connectivity index (χ2v) is 8.22. The van der Waals surface area contributed by atoms with E-state index in [4.69, 9.17) is 5.73 Å². The summed E-state index contributed by atoms with van der Waals surface area (Å²) < 4.78 is 1.03. The van der Waals surface area contributed by atoms with Crippen molar-refractivity contribution in [1.29, 1.82) is 0 Å². The largest absolute Gasteiger partial charge is 1.00 e. The zero-order chi connectivity index (χ0) is 18.6. The van der Waals surface area contributed by atoms with Gasteiger partial charge in [0.1, 0.15) is 5.41 Å². The maximum atomic E-state index is 12.9. The van der Waals surface area contributed by atoms with E-state index in [1.165, 1.54) is 25.9 Å². The Kier molecular flexibility index (Phi) is 7.46. The number of amides is 1. The first-order valence-electron chi connectivity index (χ1n) is 9.71. The molecule has 0 unspecified atom stereocenters. The minimum absolute atomic E-state index is 0. The van der Waals surface area contributed by atoms with Gasteiger partial charge in [-0.2, -0.15) is 0 Å². The third kappa shape index (κ3) is 4.72. The zero-order valence-electron chi connectivity index (χ0n) is 16.4. The topological polar surface area (TPSA) is 43.1 Å². The lowest BCUT2D eigenvalue weighted by molar-refractivity contribution is -0.915. The SMILES string of the molecule is CC1CC[N+](C)(CCC(C(N)=O)(c2ccccc2)c2ccccc2)CC1.[I-]. The van der Waals surface area contributed by atoms with E-state index >= 15 is 0 Å². The van der Waals surface area contributed by atoms with Crippen LogP contribution in [0.2, 0.25) is 0 Å². The number of hydrogen-bond donors (Lipinski definition) is 1. The van der Waals surface area contributed by atoms with Crippen LogP contribution in [0.25, 0.3) is 0 Å². The normalized spacial score (nSPS) is 22.7. The van der Waals surface area contributed by atoms with Crippen LogP contribution in [0.15, 0.2) is 60.7 Å². The van der Waals surface area contributed by atoms with E-state index < -0.39 is 5.41 Å². The van der Waals surface area contributed by atoms with Crippen molar-refractivity contribution in [3.63, 3.8) is 0 Å². The Morgan fingerprint density at radius 3 is 1.85 bits per heavy atom. The number of halogens is 1. The molecule has 0 aromatic heterocycles. The van der Waals surface area contributed by atoms with Crippen molar-refractivity contribution in [2.45, 2.75) is 31.6 Å². The number of rotatable bonds is 6. The number of carbonyl (C=O) groups is 1. The molecule has 2 N–H and O–H groups in total. The maximum absolute atomic E-state index is 12.9. The summed E-state index contributed by atoms with van der Waals surface area (Å²) in [7, 11) is 2.33. The predicted molar refractivity (Wildman–Crippen MR) is 107 cm³/mol. The van der Waals surface area contributed by atoms with E-state index in [-0.39, 0.29) is 29.9 Å². The Bertz CT molecular complexity index is 685. The van der Waals surface area contributed by atoms with Crippen molar-refractivity contribution in [3.8, 4) is 0 Å². The fourth-order valence-corrected chi connectivity index (χ4v) is 4.29. The van der Waals surface area contributed by atoms with Gasteiger partial charge in [0.15, 0.2) is 0 Å². The number of carbonyl (C=O) groups excluding carboxylic acids is 1. The number of primary amides is 1. The number of hydrogen-bond acceptors (Lipinski definition) is 1. The van der Waals surface area contributed by atoms with Gasteiger partial charge in [0, 0.05) is 6.42 Å². The number of piperidine rings is 1. The summed E-state index contributed by atoms with van der Waals surface area (Å²) in [5.41, 5.74) is 7.29. The van der Waals surface area contributed by atoms with Gasteiger partial charge < -0.3 is 34.2 Å². The minimum atomic E-state index is -0.771. The molecule has 146 valence electrons. The second-order valence-electron chi connectivity index (χ2n) is 8.22. The highest BCUT2D eigenvalue weighted by molar-refractivity contribution is 5.90. The summed E-state index contributed by atoms with van der Waals surface area (Å²) >= 11 is 0. The van der Waals surface area contributed by atoms with Gasteiger partial charge in [-0.15, -0.1) is 0 Å². The number of likely N-dealkylation sites (tertiary alicyclic amines) is 1. The highest BCUT2D eigenvalue weighted by Gasteiger charge is 2.42. The first-order valence-corrected chi connectivity index (χ1v) is 9.71. The Balaban J connectivity index is 0.00000261. The molecule has 0 saturated carbocycles. The van der Waals surface area contributed by atoms with Crippen molar-refractivity contribution in [2.24, 2.45) is 11.7 Å². The molecule has 0 spiro atoms. The smallest absolute Gasteiger partial charge is 0.232 e. The molecule has 27 heavy (non-hydrogen) atoms. The molecular weight excluding hydrogens is 447 g/mol. The van der Waals surface area contributed by atoms with E-state index in [1.807, 2.05) is 60.7 Å². The molecule has 2 aromatic carbocycles. The van der Waals surface area contributed by atoms with Gasteiger partial charge >= 0.3 is 0 Å². The Labute approximate surface area is 180 Å². The fraction of sp³-hybridized carbons (Fsp3) is 0.435. The van der Waals surface area contributed by atoms with Gasteiger partial charge in [-0.25, -0.2) is 0 Å². The summed E-state index contributed by atoms with van der Waals surface area (Å²) in [6, 6.07) is 20.1. The van der Waals surface area contributed by atoms with E-state index in [9.17, 15) is 4.79 Å². The van der Waals surface area contributed by atoms with Crippen molar-refractivity contribution in [1.82, 2.24) is 0 Å². The average molecular weight is 478 g/mol. The summed E-state index contributed by atoms with van der Waals surface area (Å²) in [5, 5.41) is 0. The quantitative estimate of drug-likeness (QED) is 0.483. The molecule has 1 fully saturated rings. The molecule has 0 bridgehead atoms. The van der Waals surface area contributed by atoms with E-state index in [2.05, 4.69) is 14.0 Å². The Morgan fingerprint density at radius 2 is 1.44 bits per heavy atom. The highest BCUT2D eigenvalue weighted by Crippen LogP contribution is 2.37. The summed E-state index contributed by atoms with van der Waals surface area (Å²) in [5.74, 6) is 0.553. The second kappa shape index (κ2) is 9.20. The van der Waals surface area contributed by atoms with Gasteiger partial charge in [-0.1, -0.05) is 67.6 Å². The summed E-state index contributed by atoms with van der Waals surface area (Å²) in [6.45, 7) is 5.66. The first kappa shape index (κ1) is 21.9. The number of quaternary nitrogens is 1.